The van der Waals surface area contributed by atoms with Crippen molar-refractivity contribution in [2.45, 2.75) is 44.8 Å². The highest BCUT2D eigenvalue weighted by Gasteiger charge is 2.35. The maximum atomic E-state index is 12.4. The Kier molecular flexibility index (Phi) is 5.39. The Bertz CT molecular complexity index is 811. The zero-order valence-electron chi connectivity index (χ0n) is 15.2. The second-order valence-electron chi connectivity index (χ2n) is 6.81. The lowest BCUT2D eigenvalue weighted by Gasteiger charge is -2.17. The van der Waals surface area contributed by atoms with Crippen LogP contribution in [0.15, 0.2) is 30.9 Å². The van der Waals surface area contributed by atoms with E-state index in [0.717, 1.165) is 30.6 Å². The molecule has 7 nitrogen and oxygen atoms in total. The number of rotatable bonds is 6. The van der Waals surface area contributed by atoms with Crippen molar-refractivity contribution < 1.29 is 23.9 Å². The Morgan fingerprint density at radius 2 is 1.93 bits per heavy atom. The SMILES string of the molecule is C=CCN1C(=O)c2ccc(C(=O)O[C@@H](C)C(=O)NC3CCCC3)cc2C1=O. The average Bonchev–Trinajstić information content (AvgIpc) is 3.24. The summed E-state index contributed by atoms with van der Waals surface area (Å²) in [7, 11) is 0. The van der Waals surface area contributed by atoms with E-state index in [0.29, 0.717) is 0 Å². The molecule has 1 fully saturated rings. The molecule has 1 aromatic rings. The smallest absolute Gasteiger partial charge is 0.338 e. The van der Waals surface area contributed by atoms with Crippen molar-refractivity contribution in [2.24, 2.45) is 0 Å². The van der Waals surface area contributed by atoms with Crippen molar-refractivity contribution in [3.8, 4) is 0 Å². The molecule has 1 N–H and O–H groups in total. The highest BCUT2D eigenvalue weighted by Crippen LogP contribution is 2.24. The third kappa shape index (κ3) is 3.77. The standard InChI is InChI=1S/C20H22N2O5/c1-3-10-22-18(24)15-9-8-13(11-16(15)19(22)25)20(26)27-12(2)17(23)21-14-6-4-5-7-14/h3,8-9,11-12,14H,1,4-7,10H2,2H3,(H,21,23)/t12-/m0/s1. The topological polar surface area (TPSA) is 92.8 Å². The molecule has 0 spiro atoms. The Morgan fingerprint density at radius 3 is 2.59 bits per heavy atom. The summed E-state index contributed by atoms with van der Waals surface area (Å²) in [6, 6.07) is 4.32. The molecule has 0 aromatic heterocycles. The van der Waals surface area contributed by atoms with E-state index in [4.69, 9.17) is 4.74 Å². The lowest BCUT2D eigenvalue weighted by molar-refractivity contribution is -0.129. The molecule has 3 rings (SSSR count). The van der Waals surface area contributed by atoms with Gasteiger partial charge < -0.3 is 10.1 Å². The summed E-state index contributed by atoms with van der Waals surface area (Å²) in [5, 5.41) is 2.88. The minimum atomic E-state index is -0.944. The van der Waals surface area contributed by atoms with Gasteiger partial charge in [0.1, 0.15) is 0 Å². The van der Waals surface area contributed by atoms with Crippen LogP contribution in [0.4, 0.5) is 0 Å². The van der Waals surface area contributed by atoms with Crippen LogP contribution in [-0.4, -0.2) is 47.3 Å². The van der Waals surface area contributed by atoms with Gasteiger partial charge in [-0.25, -0.2) is 4.79 Å². The molecular formula is C20H22N2O5. The maximum Gasteiger partial charge on any atom is 0.338 e. The van der Waals surface area contributed by atoms with Crippen LogP contribution < -0.4 is 5.32 Å². The van der Waals surface area contributed by atoms with E-state index in [9.17, 15) is 19.2 Å². The number of hydrogen-bond donors (Lipinski definition) is 1. The number of amides is 3. The normalized spacial score (nSPS) is 17.6. The number of nitrogens with zero attached hydrogens (tertiary/aromatic N) is 1. The van der Waals surface area contributed by atoms with Crippen molar-refractivity contribution in [3.05, 3.63) is 47.5 Å². The van der Waals surface area contributed by atoms with Crippen LogP contribution in [0.25, 0.3) is 0 Å². The van der Waals surface area contributed by atoms with Crippen LogP contribution in [-0.2, 0) is 9.53 Å². The van der Waals surface area contributed by atoms with Gasteiger partial charge in [0.25, 0.3) is 17.7 Å². The molecule has 1 aromatic carbocycles. The number of fused-ring (bicyclic) bond motifs is 1. The van der Waals surface area contributed by atoms with Crippen LogP contribution in [0.2, 0.25) is 0 Å². The first-order valence-corrected chi connectivity index (χ1v) is 9.05. The van der Waals surface area contributed by atoms with Crippen LogP contribution in [0.5, 0.6) is 0 Å². The van der Waals surface area contributed by atoms with Gasteiger partial charge in [-0.05, 0) is 38.0 Å². The van der Waals surface area contributed by atoms with E-state index in [1.165, 1.54) is 31.2 Å². The third-order valence-corrected chi connectivity index (χ3v) is 4.87. The Balaban J connectivity index is 1.68. The van der Waals surface area contributed by atoms with Gasteiger partial charge in [-0.3, -0.25) is 19.3 Å². The largest absolute Gasteiger partial charge is 0.449 e. The lowest BCUT2D eigenvalue weighted by Crippen LogP contribution is -2.40. The molecular weight excluding hydrogens is 348 g/mol. The summed E-state index contributed by atoms with van der Waals surface area (Å²) >= 11 is 0. The van der Waals surface area contributed by atoms with E-state index < -0.39 is 23.9 Å². The summed E-state index contributed by atoms with van der Waals surface area (Å²) in [5.41, 5.74) is 0.514. The van der Waals surface area contributed by atoms with Crippen molar-refractivity contribution in [1.29, 1.82) is 0 Å². The van der Waals surface area contributed by atoms with Gasteiger partial charge in [-0.2, -0.15) is 0 Å². The minimum absolute atomic E-state index is 0.102. The molecule has 27 heavy (non-hydrogen) atoms. The number of esters is 1. The van der Waals surface area contributed by atoms with E-state index in [1.54, 1.807) is 0 Å². The molecule has 7 heteroatoms. The highest BCUT2D eigenvalue weighted by atomic mass is 16.5. The number of carbonyl (C=O) groups excluding carboxylic acids is 4. The lowest BCUT2D eigenvalue weighted by atomic mass is 10.1. The van der Waals surface area contributed by atoms with Gasteiger partial charge >= 0.3 is 5.97 Å². The van der Waals surface area contributed by atoms with Gasteiger partial charge in [0, 0.05) is 12.6 Å². The number of nitrogens with one attached hydrogen (secondary N) is 1. The van der Waals surface area contributed by atoms with Crippen molar-refractivity contribution >= 4 is 23.7 Å². The average molecular weight is 370 g/mol. The first kappa shape index (κ1) is 18.8. The zero-order valence-corrected chi connectivity index (χ0v) is 15.2. The molecule has 142 valence electrons. The molecule has 0 unspecified atom stereocenters. The highest BCUT2D eigenvalue weighted by molar-refractivity contribution is 6.22. The van der Waals surface area contributed by atoms with E-state index >= 15 is 0 Å². The summed E-state index contributed by atoms with van der Waals surface area (Å²) in [6.45, 7) is 5.14. The molecule has 1 aliphatic heterocycles. The summed E-state index contributed by atoms with van der Waals surface area (Å²) in [6.07, 6.45) is 4.57. The second-order valence-corrected chi connectivity index (χ2v) is 6.81. The number of carbonyl (C=O) groups is 4. The molecule has 1 atom stereocenters. The molecule has 1 saturated carbocycles. The second kappa shape index (κ2) is 7.73. The van der Waals surface area contributed by atoms with E-state index in [1.807, 2.05) is 0 Å². The molecule has 0 bridgehead atoms. The van der Waals surface area contributed by atoms with Crippen molar-refractivity contribution in [2.75, 3.05) is 6.54 Å². The van der Waals surface area contributed by atoms with E-state index in [2.05, 4.69) is 11.9 Å². The predicted molar refractivity (Wildman–Crippen MR) is 97.3 cm³/mol. The predicted octanol–water partition coefficient (Wildman–Crippen LogP) is 2.07. The van der Waals surface area contributed by atoms with Crippen LogP contribution in [0.1, 0.15) is 63.7 Å². The molecule has 2 aliphatic rings. The molecule has 0 saturated heterocycles. The number of imide groups is 1. The number of benzene rings is 1. The molecule has 1 aliphatic carbocycles. The van der Waals surface area contributed by atoms with Crippen LogP contribution in [0, 0.1) is 0 Å². The first-order valence-electron chi connectivity index (χ1n) is 9.05. The number of ether oxygens (including phenoxy) is 1. The van der Waals surface area contributed by atoms with Crippen molar-refractivity contribution in [1.82, 2.24) is 10.2 Å². The third-order valence-electron chi connectivity index (χ3n) is 4.87. The minimum Gasteiger partial charge on any atom is -0.449 e. The summed E-state index contributed by atoms with van der Waals surface area (Å²) in [5.74, 6) is -1.94. The fraction of sp³-hybridized carbons (Fsp3) is 0.400. The van der Waals surface area contributed by atoms with Gasteiger partial charge in [-0.15, -0.1) is 6.58 Å². The van der Waals surface area contributed by atoms with Gasteiger partial charge in [-0.1, -0.05) is 18.9 Å². The van der Waals surface area contributed by atoms with Crippen LogP contribution >= 0.6 is 0 Å². The summed E-state index contributed by atoms with van der Waals surface area (Å²) in [4.78, 5) is 50.1. The molecule has 0 radical (unpaired) electrons. The van der Waals surface area contributed by atoms with E-state index in [-0.39, 0.29) is 35.2 Å². The monoisotopic (exact) mass is 370 g/mol. The first-order chi connectivity index (χ1) is 12.9. The summed E-state index contributed by atoms with van der Waals surface area (Å²) < 4.78 is 5.23. The Morgan fingerprint density at radius 1 is 1.26 bits per heavy atom. The Hall–Kier alpha value is -2.96. The van der Waals surface area contributed by atoms with Gasteiger partial charge in [0.15, 0.2) is 6.10 Å². The Labute approximate surface area is 157 Å². The zero-order chi connectivity index (χ0) is 19.6. The van der Waals surface area contributed by atoms with Gasteiger partial charge in [0.2, 0.25) is 0 Å². The fourth-order valence-electron chi connectivity index (χ4n) is 3.38. The van der Waals surface area contributed by atoms with Gasteiger partial charge in [0.05, 0.1) is 16.7 Å². The quantitative estimate of drug-likeness (QED) is 0.470. The number of hydrogen-bond acceptors (Lipinski definition) is 5. The molecule has 3 amide bonds. The van der Waals surface area contributed by atoms with Crippen molar-refractivity contribution in [3.63, 3.8) is 0 Å². The molecule has 1 heterocycles. The fourth-order valence-corrected chi connectivity index (χ4v) is 3.38. The maximum absolute atomic E-state index is 12.4. The van der Waals surface area contributed by atoms with Crippen LogP contribution in [0.3, 0.4) is 0 Å².